The van der Waals surface area contributed by atoms with Crippen LogP contribution in [0.5, 0.6) is 0 Å². The van der Waals surface area contributed by atoms with Crippen LogP contribution in [0.1, 0.15) is 65.7 Å². The van der Waals surface area contributed by atoms with Gasteiger partial charge in [0, 0.05) is 24.2 Å². The van der Waals surface area contributed by atoms with Crippen LogP contribution in [0.15, 0.2) is 0 Å². The van der Waals surface area contributed by atoms with Crippen LogP contribution in [0.4, 0.5) is 4.79 Å². The molecule has 5 heteroatoms. The molecular formula is C16H31N3O2. The van der Waals surface area contributed by atoms with Gasteiger partial charge in [0.2, 0.25) is 0 Å². The quantitative estimate of drug-likeness (QED) is 0.747. The zero-order valence-corrected chi connectivity index (χ0v) is 13.7. The normalized spacial score (nSPS) is 33.7. The van der Waals surface area contributed by atoms with Crippen molar-refractivity contribution in [1.29, 1.82) is 0 Å². The van der Waals surface area contributed by atoms with Crippen LogP contribution in [0, 0.1) is 0 Å². The number of ether oxygens (including phenoxy) is 1. The first-order valence-electron chi connectivity index (χ1n) is 8.34. The van der Waals surface area contributed by atoms with Crippen LogP contribution >= 0.6 is 0 Å². The van der Waals surface area contributed by atoms with Crippen LogP contribution in [-0.4, -0.2) is 35.9 Å². The van der Waals surface area contributed by atoms with Crippen molar-refractivity contribution in [3.05, 3.63) is 0 Å². The van der Waals surface area contributed by atoms with E-state index in [1.807, 2.05) is 20.8 Å². The minimum atomic E-state index is -0.443. The Balaban J connectivity index is 1.81. The molecule has 0 aromatic heterocycles. The van der Waals surface area contributed by atoms with Crippen molar-refractivity contribution in [2.75, 3.05) is 0 Å². The van der Waals surface area contributed by atoms with Crippen molar-refractivity contribution >= 4 is 6.09 Å². The molecule has 2 aliphatic rings. The van der Waals surface area contributed by atoms with E-state index in [1.165, 1.54) is 12.8 Å². The van der Waals surface area contributed by atoms with Crippen molar-refractivity contribution in [3.63, 3.8) is 0 Å². The smallest absolute Gasteiger partial charge is 0.407 e. The molecule has 2 aliphatic carbocycles. The van der Waals surface area contributed by atoms with Gasteiger partial charge >= 0.3 is 6.09 Å². The van der Waals surface area contributed by atoms with Crippen molar-refractivity contribution in [2.45, 2.75) is 95.5 Å². The van der Waals surface area contributed by atoms with Crippen molar-refractivity contribution < 1.29 is 9.53 Å². The second-order valence-corrected chi connectivity index (χ2v) is 7.58. The lowest BCUT2D eigenvalue weighted by atomic mass is 9.91. The Bertz CT molecular complexity index is 354. The van der Waals surface area contributed by atoms with E-state index in [2.05, 4.69) is 10.6 Å². The van der Waals surface area contributed by atoms with Crippen molar-refractivity contribution in [2.24, 2.45) is 5.73 Å². The summed E-state index contributed by atoms with van der Waals surface area (Å²) in [7, 11) is 0. The highest BCUT2D eigenvalue weighted by molar-refractivity contribution is 5.68. The summed E-state index contributed by atoms with van der Waals surface area (Å²) in [6.07, 6.45) is 7.58. The number of nitrogens with one attached hydrogen (secondary N) is 2. The highest BCUT2D eigenvalue weighted by Gasteiger charge is 2.32. The number of hydrogen-bond donors (Lipinski definition) is 3. The van der Waals surface area contributed by atoms with Gasteiger partial charge in [-0.05, 0) is 59.3 Å². The highest BCUT2D eigenvalue weighted by Crippen LogP contribution is 2.24. The molecule has 0 radical (unpaired) electrons. The van der Waals surface area contributed by atoms with Gasteiger partial charge in [-0.3, -0.25) is 0 Å². The zero-order chi connectivity index (χ0) is 15.5. The molecule has 2 saturated carbocycles. The Morgan fingerprint density at radius 2 is 1.76 bits per heavy atom. The van der Waals surface area contributed by atoms with Gasteiger partial charge in [-0.1, -0.05) is 6.42 Å². The van der Waals surface area contributed by atoms with Gasteiger partial charge in [0.05, 0.1) is 0 Å². The van der Waals surface area contributed by atoms with E-state index in [1.54, 1.807) is 0 Å². The van der Waals surface area contributed by atoms with E-state index in [0.717, 1.165) is 32.1 Å². The van der Waals surface area contributed by atoms with Crippen LogP contribution < -0.4 is 16.4 Å². The molecule has 5 nitrogen and oxygen atoms in total. The summed E-state index contributed by atoms with van der Waals surface area (Å²) in [6, 6.07) is 1.36. The fourth-order valence-corrected chi connectivity index (χ4v) is 3.47. The predicted molar refractivity (Wildman–Crippen MR) is 84.2 cm³/mol. The molecule has 21 heavy (non-hydrogen) atoms. The Morgan fingerprint density at radius 1 is 1.10 bits per heavy atom. The van der Waals surface area contributed by atoms with Crippen molar-refractivity contribution in [1.82, 2.24) is 10.6 Å². The largest absolute Gasteiger partial charge is 0.444 e. The van der Waals surface area contributed by atoms with E-state index in [9.17, 15) is 4.79 Å². The first kappa shape index (κ1) is 16.6. The maximum atomic E-state index is 11.9. The van der Waals surface area contributed by atoms with Gasteiger partial charge in [-0.15, -0.1) is 0 Å². The lowest BCUT2D eigenvalue weighted by molar-refractivity contribution is 0.0496. The molecule has 0 spiro atoms. The molecule has 122 valence electrons. The summed E-state index contributed by atoms with van der Waals surface area (Å²) < 4.78 is 5.36. The van der Waals surface area contributed by atoms with Crippen LogP contribution in [-0.2, 0) is 4.74 Å². The fraction of sp³-hybridized carbons (Fsp3) is 0.938. The first-order valence-corrected chi connectivity index (χ1v) is 8.34. The Labute approximate surface area is 128 Å². The minimum Gasteiger partial charge on any atom is -0.444 e. The highest BCUT2D eigenvalue weighted by atomic mass is 16.6. The number of carbonyl (C=O) groups excluding carboxylic acids is 1. The molecule has 2 rings (SSSR count). The predicted octanol–water partition coefficient (Wildman–Crippen LogP) is 2.29. The van der Waals surface area contributed by atoms with Gasteiger partial charge in [0.1, 0.15) is 5.60 Å². The summed E-state index contributed by atoms with van der Waals surface area (Å²) in [4.78, 5) is 11.9. The zero-order valence-electron chi connectivity index (χ0n) is 13.7. The van der Waals surface area contributed by atoms with Gasteiger partial charge in [-0.2, -0.15) is 0 Å². The molecule has 1 amide bonds. The summed E-state index contributed by atoms with van der Waals surface area (Å²) in [5.74, 6) is 0. The molecule has 4 N–H and O–H groups in total. The molecule has 2 fully saturated rings. The SMILES string of the molecule is CC(C)(C)OC(=O)NC1CCCC1NC1CCCC(N)C1. The number of alkyl carbamates (subject to hydrolysis) is 1. The molecule has 0 heterocycles. The standard InChI is InChI=1S/C16H31N3O2/c1-16(2,3)21-15(20)19-14-9-5-8-13(14)18-12-7-4-6-11(17)10-12/h11-14,18H,4-10,17H2,1-3H3,(H,19,20). The number of hydrogen-bond acceptors (Lipinski definition) is 4. The van der Waals surface area contributed by atoms with E-state index in [0.29, 0.717) is 18.1 Å². The number of rotatable bonds is 3. The van der Waals surface area contributed by atoms with Gasteiger partial charge in [0.25, 0.3) is 0 Å². The maximum absolute atomic E-state index is 11.9. The van der Waals surface area contributed by atoms with E-state index >= 15 is 0 Å². The van der Waals surface area contributed by atoms with Crippen molar-refractivity contribution in [3.8, 4) is 0 Å². The number of nitrogens with two attached hydrogens (primary N) is 1. The summed E-state index contributed by atoms with van der Waals surface area (Å²) >= 11 is 0. The molecule has 4 unspecified atom stereocenters. The third-order valence-electron chi connectivity index (χ3n) is 4.38. The summed E-state index contributed by atoms with van der Waals surface area (Å²) in [6.45, 7) is 5.67. The summed E-state index contributed by atoms with van der Waals surface area (Å²) in [5.41, 5.74) is 5.61. The average Bonchev–Trinajstić information content (AvgIpc) is 2.74. The molecule has 4 atom stereocenters. The Hall–Kier alpha value is -0.810. The molecule has 0 aromatic carbocycles. The maximum Gasteiger partial charge on any atom is 0.407 e. The molecular weight excluding hydrogens is 266 g/mol. The minimum absolute atomic E-state index is 0.179. The van der Waals surface area contributed by atoms with E-state index < -0.39 is 5.60 Å². The van der Waals surface area contributed by atoms with Crippen LogP contribution in [0.25, 0.3) is 0 Å². The van der Waals surface area contributed by atoms with Gasteiger partial charge < -0.3 is 21.1 Å². The van der Waals surface area contributed by atoms with E-state index in [-0.39, 0.29) is 12.1 Å². The van der Waals surface area contributed by atoms with Gasteiger partial charge in [0.15, 0.2) is 0 Å². The third-order valence-corrected chi connectivity index (χ3v) is 4.38. The van der Waals surface area contributed by atoms with Gasteiger partial charge in [-0.25, -0.2) is 4.79 Å². The lowest BCUT2D eigenvalue weighted by Crippen LogP contribution is -2.52. The summed E-state index contributed by atoms with van der Waals surface area (Å²) in [5, 5.41) is 6.75. The van der Waals surface area contributed by atoms with Crippen LogP contribution in [0.3, 0.4) is 0 Å². The Kier molecular flexibility index (Phi) is 5.49. The van der Waals surface area contributed by atoms with Crippen LogP contribution in [0.2, 0.25) is 0 Å². The average molecular weight is 297 g/mol. The van der Waals surface area contributed by atoms with E-state index in [4.69, 9.17) is 10.5 Å². The number of carbonyl (C=O) groups is 1. The molecule has 0 bridgehead atoms. The Morgan fingerprint density at radius 3 is 2.43 bits per heavy atom. The molecule has 0 saturated heterocycles. The second kappa shape index (κ2) is 6.97. The third kappa shape index (κ3) is 5.47. The lowest BCUT2D eigenvalue weighted by Gasteiger charge is -2.32. The topological polar surface area (TPSA) is 76.4 Å². The monoisotopic (exact) mass is 297 g/mol. The number of amides is 1. The fourth-order valence-electron chi connectivity index (χ4n) is 3.47. The first-order chi connectivity index (χ1) is 9.83. The molecule has 0 aromatic rings. The molecule has 0 aliphatic heterocycles. The second-order valence-electron chi connectivity index (χ2n) is 7.58.